The van der Waals surface area contributed by atoms with Crippen LogP contribution in [-0.4, -0.2) is 0 Å². The summed E-state index contributed by atoms with van der Waals surface area (Å²) < 4.78 is 6.78. The molecule has 9 aromatic carbocycles. The molecule has 1 aromatic heterocycles. The standard InChI is InChI=1S/C52H35NO/c1-3-17-37(18-4-1)43-24-9-10-26-46(43)51-44(38-19-5-2-6-20-38)27-14-29-48(51)53(49-30-15-28-47-45-25-11-12-31-50(45)54-52(47)49)42-23-13-22-40(35-42)41-33-32-36-16-7-8-21-39(36)34-41/h1-35H. The highest BCUT2D eigenvalue weighted by Crippen LogP contribution is 2.50. The quantitative estimate of drug-likeness (QED) is 0.166. The number of nitrogens with zero attached hydrogens (tertiary/aromatic N) is 1. The molecule has 0 aliphatic rings. The van der Waals surface area contributed by atoms with Gasteiger partial charge in [0, 0.05) is 22.0 Å². The average Bonchev–Trinajstić information content (AvgIpc) is 3.64. The first-order valence-corrected chi connectivity index (χ1v) is 18.4. The van der Waals surface area contributed by atoms with Crippen molar-refractivity contribution >= 4 is 49.8 Å². The van der Waals surface area contributed by atoms with Gasteiger partial charge in [-0.3, -0.25) is 0 Å². The summed E-state index contributed by atoms with van der Waals surface area (Å²) >= 11 is 0. The van der Waals surface area contributed by atoms with Gasteiger partial charge in [0.2, 0.25) is 0 Å². The molecule has 1 heterocycles. The number of furan rings is 1. The molecule has 2 heteroatoms. The fourth-order valence-corrected chi connectivity index (χ4v) is 7.95. The molecule has 0 radical (unpaired) electrons. The minimum absolute atomic E-state index is 0.849. The van der Waals surface area contributed by atoms with Crippen LogP contribution >= 0.6 is 0 Å². The van der Waals surface area contributed by atoms with E-state index in [2.05, 4.69) is 211 Å². The summed E-state index contributed by atoms with van der Waals surface area (Å²) in [5.74, 6) is 0. The first-order valence-electron chi connectivity index (χ1n) is 18.4. The van der Waals surface area contributed by atoms with Crippen LogP contribution in [0.25, 0.3) is 77.2 Å². The van der Waals surface area contributed by atoms with E-state index in [1.54, 1.807) is 0 Å². The van der Waals surface area contributed by atoms with E-state index in [0.717, 1.165) is 66.8 Å². The fourth-order valence-electron chi connectivity index (χ4n) is 7.95. The van der Waals surface area contributed by atoms with Gasteiger partial charge < -0.3 is 9.32 Å². The number of hydrogen-bond acceptors (Lipinski definition) is 2. The molecule has 0 bridgehead atoms. The van der Waals surface area contributed by atoms with Gasteiger partial charge in [-0.2, -0.15) is 0 Å². The molecule has 0 aliphatic heterocycles. The molecule has 0 amide bonds. The second-order valence-corrected chi connectivity index (χ2v) is 13.7. The monoisotopic (exact) mass is 689 g/mol. The SMILES string of the molecule is c1ccc(-c2ccccc2-c2c(-c3ccccc3)cccc2N(c2cccc(-c3ccc4ccccc4c3)c2)c2cccc3c2oc2ccccc23)cc1. The molecule has 254 valence electrons. The molecular weight excluding hydrogens is 655 g/mol. The third-order valence-electron chi connectivity index (χ3n) is 10.5. The smallest absolute Gasteiger partial charge is 0.159 e. The van der Waals surface area contributed by atoms with Crippen LogP contribution in [0.2, 0.25) is 0 Å². The minimum Gasteiger partial charge on any atom is -0.454 e. The van der Waals surface area contributed by atoms with Crippen LogP contribution in [0.4, 0.5) is 17.1 Å². The second kappa shape index (κ2) is 13.4. The van der Waals surface area contributed by atoms with Crippen LogP contribution in [0.5, 0.6) is 0 Å². The number of hydrogen-bond donors (Lipinski definition) is 0. The normalized spacial score (nSPS) is 11.3. The topological polar surface area (TPSA) is 16.4 Å². The lowest BCUT2D eigenvalue weighted by Crippen LogP contribution is -2.12. The maximum absolute atomic E-state index is 6.78. The summed E-state index contributed by atoms with van der Waals surface area (Å²) in [6.07, 6.45) is 0. The molecule has 0 aliphatic carbocycles. The van der Waals surface area contributed by atoms with Gasteiger partial charge in [0.1, 0.15) is 5.58 Å². The number of fused-ring (bicyclic) bond motifs is 4. The van der Waals surface area contributed by atoms with E-state index in [1.807, 2.05) is 6.07 Å². The van der Waals surface area contributed by atoms with Gasteiger partial charge in [-0.25, -0.2) is 0 Å². The van der Waals surface area contributed by atoms with Crippen molar-refractivity contribution in [2.24, 2.45) is 0 Å². The summed E-state index contributed by atoms with van der Waals surface area (Å²) in [4.78, 5) is 2.40. The predicted molar refractivity (Wildman–Crippen MR) is 228 cm³/mol. The Morgan fingerprint density at radius 1 is 0.333 bits per heavy atom. The lowest BCUT2D eigenvalue weighted by molar-refractivity contribution is 0.669. The van der Waals surface area contributed by atoms with Gasteiger partial charge in [-0.05, 0) is 86.1 Å². The zero-order valence-electron chi connectivity index (χ0n) is 29.6. The van der Waals surface area contributed by atoms with Crippen LogP contribution in [0, 0.1) is 0 Å². The highest BCUT2D eigenvalue weighted by molar-refractivity contribution is 6.11. The third kappa shape index (κ3) is 5.53. The molecule has 54 heavy (non-hydrogen) atoms. The third-order valence-corrected chi connectivity index (χ3v) is 10.5. The van der Waals surface area contributed by atoms with E-state index < -0.39 is 0 Å². The van der Waals surface area contributed by atoms with Crippen LogP contribution in [0.3, 0.4) is 0 Å². The van der Waals surface area contributed by atoms with Crippen molar-refractivity contribution in [3.63, 3.8) is 0 Å². The molecule has 2 nitrogen and oxygen atoms in total. The van der Waals surface area contributed by atoms with Gasteiger partial charge in [0.05, 0.1) is 11.4 Å². The summed E-state index contributed by atoms with van der Waals surface area (Å²) in [7, 11) is 0. The molecule has 0 fully saturated rings. The van der Waals surface area contributed by atoms with Gasteiger partial charge >= 0.3 is 0 Å². The van der Waals surface area contributed by atoms with Gasteiger partial charge in [0.15, 0.2) is 5.58 Å². The lowest BCUT2D eigenvalue weighted by Gasteiger charge is -2.30. The molecule has 0 saturated heterocycles. The van der Waals surface area contributed by atoms with Crippen LogP contribution in [0.1, 0.15) is 0 Å². The summed E-state index contributed by atoms with van der Waals surface area (Å²) in [6.45, 7) is 0. The Kier molecular flexibility index (Phi) is 7.85. The van der Waals surface area contributed by atoms with E-state index in [0.29, 0.717) is 0 Å². The fraction of sp³-hybridized carbons (Fsp3) is 0. The van der Waals surface area contributed by atoms with Crippen molar-refractivity contribution < 1.29 is 4.42 Å². The number of para-hydroxylation sites is 2. The van der Waals surface area contributed by atoms with Crippen LogP contribution < -0.4 is 4.90 Å². The molecular formula is C52H35NO. The molecule has 0 spiro atoms. The van der Waals surface area contributed by atoms with E-state index in [4.69, 9.17) is 4.42 Å². The maximum atomic E-state index is 6.78. The van der Waals surface area contributed by atoms with Crippen LogP contribution in [0.15, 0.2) is 217 Å². The Morgan fingerprint density at radius 2 is 0.907 bits per heavy atom. The molecule has 0 saturated carbocycles. The largest absolute Gasteiger partial charge is 0.454 e. The maximum Gasteiger partial charge on any atom is 0.159 e. The van der Waals surface area contributed by atoms with Crippen molar-refractivity contribution in [1.82, 2.24) is 0 Å². The van der Waals surface area contributed by atoms with Crippen molar-refractivity contribution in [2.45, 2.75) is 0 Å². The highest BCUT2D eigenvalue weighted by Gasteiger charge is 2.25. The van der Waals surface area contributed by atoms with Crippen molar-refractivity contribution in [3.8, 4) is 44.5 Å². The van der Waals surface area contributed by atoms with E-state index in [1.165, 1.54) is 27.5 Å². The molecule has 0 unspecified atom stereocenters. The predicted octanol–water partition coefficient (Wildman–Crippen LogP) is 14.9. The number of benzene rings is 9. The number of rotatable bonds is 7. The molecule has 0 N–H and O–H groups in total. The lowest BCUT2D eigenvalue weighted by atomic mass is 9.87. The van der Waals surface area contributed by atoms with Gasteiger partial charge in [-0.1, -0.05) is 176 Å². The average molecular weight is 690 g/mol. The van der Waals surface area contributed by atoms with Crippen molar-refractivity contribution in [3.05, 3.63) is 212 Å². The summed E-state index contributed by atoms with van der Waals surface area (Å²) in [5, 5.41) is 4.64. The van der Waals surface area contributed by atoms with Crippen molar-refractivity contribution in [2.75, 3.05) is 4.90 Å². The summed E-state index contributed by atoms with van der Waals surface area (Å²) in [5.41, 5.74) is 14.1. The van der Waals surface area contributed by atoms with E-state index >= 15 is 0 Å². The Hall–Kier alpha value is -7.16. The second-order valence-electron chi connectivity index (χ2n) is 13.7. The molecule has 10 aromatic rings. The zero-order valence-corrected chi connectivity index (χ0v) is 29.6. The first-order chi connectivity index (χ1) is 26.8. The number of anilines is 3. The highest BCUT2D eigenvalue weighted by atomic mass is 16.3. The Balaban J connectivity index is 1.29. The van der Waals surface area contributed by atoms with Gasteiger partial charge in [0.25, 0.3) is 0 Å². The van der Waals surface area contributed by atoms with E-state index in [-0.39, 0.29) is 0 Å². The first kappa shape index (κ1) is 31.6. The van der Waals surface area contributed by atoms with E-state index in [9.17, 15) is 0 Å². The summed E-state index contributed by atoms with van der Waals surface area (Å²) in [6, 6.07) is 75.9. The van der Waals surface area contributed by atoms with Gasteiger partial charge in [-0.15, -0.1) is 0 Å². The molecule has 10 rings (SSSR count). The Morgan fingerprint density at radius 3 is 1.74 bits per heavy atom. The minimum atomic E-state index is 0.849. The Labute approximate surface area is 314 Å². The Bertz CT molecular complexity index is 2940. The molecule has 0 atom stereocenters. The zero-order chi connectivity index (χ0) is 35.8. The van der Waals surface area contributed by atoms with Crippen molar-refractivity contribution in [1.29, 1.82) is 0 Å². The van der Waals surface area contributed by atoms with Crippen LogP contribution in [-0.2, 0) is 0 Å².